The first-order chi connectivity index (χ1) is 33.1. The largest absolute Gasteiger partial charge is 0.465 e. The van der Waals surface area contributed by atoms with Gasteiger partial charge in [-0.1, -0.05) is 54.1 Å². The van der Waals surface area contributed by atoms with Crippen molar-refractivity contribution in [3.8, 4) is 10.7 Å². The molecule has 21 heteroatoms. The molecule has 16 atom stereocenters. The summed E-state index contributed by atoms with van der Waals surface area (Å²) in [6.45, 7) is 9.27. The summed E-state index contributed by atoms with van der Waals surface area (Å²) in [4.78, 5) is 40.1. The zero-order chi connectivity index (χ0) is 49.8. The summed E-state index contributed by atoms with van der Waals surface area (Å²) in [7, 11) is 6.49. The van der Waals surface area contributed by atoms with Crippen LogP contribution in [-0.4, -0.2) is 188 Å². The molecule has 3 fully saturated rings. The molecule has 3 N–H and O–H groups in total. The van der Waals surface area contributed by atoms with Crippen LogP contribution in [0.4, 0.5) is 0 Å². The molecule has 69 heavy (non-hydrogen) atoms. The maximum Gasteiger partial charge on any atom is 0.308 e. The lowest BCUT2D eigenvalue weighted by Gasteiger charge is -2.47. The Morgan fingerprint density at radius 2 is 1.68 bits per heavy atom. The van der Waals surface area contributed by atoms with Gasteiger partial charge in [-0.2, -0.15) is 0 Å². The number of allylic oxidation sites excluding steroid dienone is 3. The number of hydrogen-bond donors (Lipinski definition) is 3. The molecule has 2 aromatic heterocycles. The third-order valence-corrected chi connectivity index (χ3v) is 13.9. The van der Waals surface area contributed by atoms with E-state index >= 15 is 0 Å². The number of fused-ring (bicyclic) bond motifs is 3. The van der Waals surface area contributed by atoms with Crippen LogP contribution in [0.5, 0.6) is 0 Å². The highest BCUT2D eigenvalue weighted by Gasteiger charge is 2.48. The van der Waals surface area contributed by atoms with Crippen molar-refractivity contribution in [2.24, 2.45) is 28.8 Å². The predicted octanol–water partition coefficient (Wildman–Crippen LogP) is 3.13. The van der Waals surface area contributed by atoms with Gasteiger partial charge in [0, 0.05) is 50.3 Å². The number of methoxy groups -OCH3 is 2. The van der Waals surface area contributed by atoms with Crippen LogP contribution in [-0.2, 0) is 63.7 Å². The SMILES string of the molecule is CO[C@@H]1[C@H](O)[C@@H](C)O[C@@H](OC[C@H]2/C=C(C)/C=C/C(=O)[C@H](C)CC3CCOC/C(=N\OCc4ccc(-c5nncs5)nc4)CO[C@H](CC(=O)OC2)[C@H](C)[C@H]3O[C@@H]2O[C@H](C)[C@@H](O)[C@H](N(C)C)[C@H]2O)[C@@H]1OC. The van der Waals surface area contributed by atoms with E-state index in [1.807, 2.05) is 39.0 Å². The molecule has 0 radical (unpaired) electrons. The monoisotopic (exact) mass is 989 g/mol. The number of carbonyl (C=O) groups is 2. The maximum absolute atomic E-state index is 14.1. The lowest BCUT2D eigenvalue weighted by atomic mass is 9.79. The maximum atomic E-state index is 14.1. The highest BCUT2D eigenvalue weighted by Crippen LogP contribution is 2.36. The predicted molar refractivity (Wildman–Crippen MR) is 251 cm³/mol. The summed E-state index contributed by atoms with van der Waals surface area (Å²) in [6, 6.07) is 2.99. The molecule has 1 unspecified atom stereocenters. The van der Waals surface area contributed by atoms with Gasteiger partial charge in [0.1, 0.15) is 47.9 Å². The van der Waals surface area contributed by atoms with E-state index in [0.29, 0.717) is 29.3 Å². The van der Waals surface area contributed by atoms with Crippen LogP contribution in [0.3, 0.4) is 0 Å². The first-order valence-corrected chi connectivity index (χ1v) is 24.4. The van der Waals surface area contributed by atoms with Crippen LogP contribution in [0.2, 0.25) is 0 Å². The van der Waals surface area contributed by atoms with Gasteiger partial charge in [-0.25, -0.2) is 0 Å². The molecule has 20 nitrogen and oxygen atoms in total. The van der Waals surface area contributed by atoms with Crippen molar-refractivity contribution < 1.29 is 72.4 Å². The van der Waals surface area contributed by atoms with E-state index in [4.69, 9.17) is 47.5 Å². The number of cyclic esters (lactones) is 1. The van der Waals surface area contributed by atoms with Gasteiger partial charge in [0.25, 0.3) is 0 Å². The number of nitrogens with zero attached hydrogens (tertiary/aromatic N) is 5. The smallest absolute Gasteiger partial charge is 0.308 e. The van der Waals surface area contributed by atoms with Gasteiger partial charge in [-0.15, -0.1) is 10.2 Å². The minimum Gasteiger partial charge on any atom is -0.465 e. The van der Waals surface area contributed by atoms with Gasteiger partial charge in [0.05, 0.1) is 69.4 Å². The van der Waals surface area contributed by atoms with Crippen LogP contribution in [0.1, 0.15) is 59.4 Å². The van der Waals surface area contributed by atoms with E-state index in [2.05, 4.69) is 20.3 Å². The highest BCUT2D eigenvalue weighted by atomic mass is 32.1. The Morgan fingerprint density at radius 1 is 0.928 bits per heavy atom. The van der Waals surface area contributed by atoms with Crippen LogP contribution in [0, 0.1) is 23.7 Å². The Hall–Kier alpha value is -3.68. The molecule has 3 saturated heterocycles. The standard InChI is InChI=1S/C48H71N5O15S/c1-26-10-13-36(54)27(2)17-33-14-15-61-23-34(52-65-22-31-11-12-35(49-19-31)46-51-50-25-69-46)24-62-37(28(3)43(33)68-47-42(58)39(53(6)7)40(56)29(4)66-47)18-38(55)63-20-32(16-26)21-64-48-45(60-9)44(59-8)41(57)30(5)67-48/h10-13,16,19,25,27-30,32-33,37,39-45,47-48,56-58H,14-15,17-18,20-24H2,1-9H3/b13-10+,26-16+,52-34+/t27-,28+,29-,30-,32+,33?,37-,39+,40-,41-,42-,43-,44-,45-,47+,48-/m1/s1. The Kier molecular flexibility index (Phi) is 20.7. The number of aromatic nitrogens is 3. The molecule has 4 aliphatic heterocycles. The van der Waals surface area contributed by atoms with E-state index in [1.165, 1.54) is 25.6 Å². The zero-order valence-electron chi connectivity index (χ0n) is 41.0. The van der Waals surface area contributed by atoms with Crippen molar-refractivity contribution in [1.29, 1.82) is 0 Å². The minimum atomic E-state index is -1.26. The minimum absolute atomic E-state index is 0.0225. The number of likely N-dealkylation sites (N-methyl/N-ethyl adjacent to an activating group) is 1. The average molecular weight is 990 g/mol. The number of rotatable bonds is 12. The van der Waals surface area contributed by atoms with Gasteiger partial charge < -0.3 is 67.7 Å². The number of aliphatic hydroxyl groups excluding tert-OH is 3. The fourth-order valence-corrected chi connectivity index (χ4v) is 9.75. The topological polar surface area (TPSA) is 241 Å². The molecule has 0 spiro atoms. The molecule has 0 aliphatic carbocycles. The van der Waals surface area contributed by atoms with Gasteiger partial charge in [-0.05, 0) is 65.8 Å². The molecule has 0 saturated carbocycles. The number of carbonyl (C=O) groups excluding carboxylic acids is 2. The molecule has 0 aromatic carbocycles. The normalized spacial score (nSPS) is 37.7. The first-order valence-electron chi connectivity index (χ1n) is 23.6. The summed E-state index contributed by atoms with van der Waals surface area (Å²) in [5.74, 6) is -2.63. The second-order valence-corrected chi connectivity index (χ2v) is 19.5. The van der Waals surface area contributed by atoms with E-state index in [9.17, 15) is 24.9 Å². The van der Waals surface area contributed by atoms with E-state index in [0.717, 1.165) is 11.1 Å². The molecule has 0 amide bonds. The highest BCUT2D eigenvalue weighted by molar-refractivity contribution is 7.12. The van der Waals surface area contributed by atoms with Crippen LogP contribution < -0.4 is 0 Å². The summed E-state index contributed by atoms with van der Waals surface area (Å²) >= 11 is 1.39. The Morgan fingerprint density at radius 3 is 2.38 bits per heavy atom. The van der Waals surface area contributed by atoms with Gasteiger partial charge in [0.2, 0.25) is 0 Å². The van der Waals surface area contributed by atoms with Gasteiger partial charge in [-0.3, -0.25) is 14.6 Å². The second kappa shape index (κ2) is 26.1. The summed E-state index contributed by atoms with van der Waals surface area (Å²) in [6.07, 6.45) is -2.34. The van der Waals surface area contributed by atoms with Crippen molar-refractivity contribution in [3.05, 3.63) is 53.2 Å². The molecule has 2 bridgehead atoms. The number of pyridine rings is 1. The summed E-state index contributed by atoms with van der Waals surface area (Å²) in [5, 5.41) is 46.5. The van der Waals surface area contributed by atoms with Crippen molar-refractivity contribution in [3.63, 3.8) is 0 Å². The molecule has 2 aromatic rings. The first kappa shape index (κ1) is 54.6. The Balaban J connectivity index is 1.28. The summed E-state index contributed by atoms with van der Waals surface area (Å²) in [5.41, 5.74) is 4.25. The van der Waals surface area contributed by atoms with E-state index in [-0.39, 0.29) is 57.8 Å². The summed E-state index contributed by atoms with van der Waals surface area (Å²) < 4.78 is 55.3. The van der Waals surface area contributed by atoms with Crippen LogP contribution in [0.15, 0.2) is 52.8 Å². The second-order valence-electron chi connectivity index (χ2n) is 18.6. The zero-order valence-corrected chi connectivity index (χ0v) is 41.8. The van der Waals surface area contributed by atoms with Crippen LogP contribution in [0.25, 0.3) is 10.7 Å². The lowest BCUT2D eigenvalue weighted by molar-refractivity contribution is -0.305. The van der Waals surface area contributed by atoms with E-state index in [1.54, 1.807) is 56.7 Å². The number of aliphatic hydroxyl groups is 3. The molecule has 384 valence electrons. The lowest BCUT2D eigenvalue weighted by Crippen LogP contribution is -2.63. The van der Waals surface area contributed by atoms with Crippen molar-refractivity contribution >= 4 is 28.8 Å². The fraction of sp³-hybridized carbons (Fsp3) is 0.708. The van der Waals surface area contributed by atoms with E-state index < -0.39 is 97.3 Å². The molecule has 4 aliphatic rings. The van der Waals surface area contributed by atoms with Crippen LogP contribution >= 0.6 is 11.3 Å². The Bertz CT molecular complexity index is 2010. The molecule has 6 heterocycles. The molecular formula is C48H71N5O15S. The molecular weight excluding hydrogens is 919 g/mol. The number of ether oxygens (including phenoxy) is 9. The number of oxime groups is 1. The number of hydrogen-bond acceptors (Lipinski definition) is 21. The third-order valence-electron chi connectivity index (χ3n) is 13.2. The fourth-order valence-electron chi connectivity index (χ4n) is 9.22. The molecule has 6 rings (SSSR count). The van der Waals surface area contributed by atoms with Crippen molar-refractivity contribution in [2.75, 3.05) is 61.3 Å². The van der Waals surface area contributed by atoms with Crippen molar-refractivity contribution in [1.82, 2.24) is 20.1 Å². The number of ketones is 1. The van der Waals surface area contributed by atoms with Crippen molar-refractivity contribution in [2.45, 2.75) is 134 Å². The number of esters is 1. The average Bonchev–Trinajstić information content (AvgIpc) is 3.87. The third kappa shape index (κ3) is 14.7. The Labute approximate surface area is 408 Å². The van der Waals surface area contributed by atoms with Gasteiger partial charge >= 0.3 is 5.97 Å². The quantitative estimate of drug-likeness (QED) is 0.204. The van der Waals surface area contributed by atoms with Gasteiger partial charge in [0.15, 0.2) is 23.4 Å².